The topological polar surface area (TPSA) is 52.7 Å². The maximum Gasteiger partial charge on any atom is 0.317 e. The Morgan fingerprint density at radius 1 is 1.26 bits per heavy atom. The van der Waals surface area contributed by atoms with Crippen molar-refractivity contribution >= 4 is 24.0 Å². The normalized spacial score (nSPS) is 15.2. The Morgan fingerprint density at radius 2 is 1.95 bits per heavy atom. The number of rotatable bonds is 3. The van der Waals surface area contributed by atoms with Crippen molar-refractivity contribution < 1.29 is 9.59 Å². The molecule has 1 aliphatic heterocycles. The van der Waals surface area contributed by atoms with Crippen LogP contribution in [0.15, 0.2) is 24.3 Å². The van der Waals surface area contributed by atoms with E-state index in [1.165, 1.54) is 0 Å². The third kappa shape index (κ3) is 3.61. The van der Waals surface area contributed by atoms with Crippen LogP contribution >= 0.6 is 11.6 Å². The minimum Gasteiger partial charge on any atom is -0.342 e. The van der Waals surface area contributed by atoms with Crippen LogP contribution in [-0.4, -0.2) is 48.4 Å². The summed E-state index contributed by atoms with van der Waals surface area (Å²) >= 11 is 6.02. The first kappa shape index (κ1) is 13.7. The van der Waals surface area contributed by atoms with Crippen LogP contribution in [-0.2, 0) is 11.3 Å². The van der Waals surface area contributed by atoms with Crippen molar-refractivity contribution in [3.8, 4) is 0 Å². The van der Waals surface area contributed by atoms with Crippen LogP contribution in [0.5, 0.6) is 0 Å². The second-order valence-electron chi connectivity index (χ2n) is 4.38. The van der Waals surface area contributed by atoms with E-state index in [0.717, 1.165) is 12.0 Å². The highest BCUT2D eigenvalue weighted by atomic mass is 35.5. The van der Waals surface area contributed by atoms with Gasteiger partial charge in [0, 0.05) is 37.7 Å². The van der Waals surface area contributed by atoms with Crippen molar-refractivity contribution in [2.75, 3.05) is 26.2 Å². The molecule has 0 saturated carbocycles. The second-order valence-corrected chi connectivity index (χ2v) is 4.79. The Labute approximate surface area is 117 Å². The molecular weight excluding hydrogens is 266 g/mol. The Kier molecular flexibility index (Phi) is 4.63. The molecule has 1 aromatic rings. The molecule has 0 aromatic heterocycles. The lowest BCUT2D eigenvalue weighted by Crippen LogP contribution is -2.51. The van der Waals surface area contributed by atoms with E-state index in [2.05, 4.69) is 5.32 Å². The van der Waals surface area contributed by atoms with Gasteiger partial charge in [-0.15, -0.1) is 0 Å². The highest BCUT2D eigenvalue weighted by molar-refractivity contribution is 6.31. The average Bonchev–Trinajstić information content (AvgIpc) is 2.46. The predicted molar refractivity (Wildman–Crippen MR) is 72.9 cm³/mol. The summed E-state index contributed by atoms with van der Waals surface area (Å²) in [6.45, 7) is 2.71. The molecule has 1 saturated heterocycles. The number of carbonyl (C=O) groups excluding carboxylic acids is 2. The highest BCUT2D eigenvalue weighted by Crippen LogP contribution is 2.14. The third-order valence-electron chi connectivity index (χ3n) is 3.14. The zero-order valence-electron chi connectivity index (χ0n) is 10.5. The van der Waals surface area contributed by atoms with Gasteiger partial charge in [0.1, 0.15) is 0 Å². The standard InChI is InChI=1S/C13H16ClN3O2/c14-12-4-2-1-3-11(12)9-15-13(19)17-7-5-16(10-18)6-8-17/h1-4,10H,5-9H2,(H,15,19). The molecule has 2 rings (SSSR count). The number of halogens is 1. The van der Waals surface area contributed by atoms with E-state index in [1.54, 1.807) is 15.9 Å². The molecule has 0 bridgehead atoms. The minimum atomic E-state index is -0.120. The van der Waals surface area contributed by atoms with Gasteiger partial charge in [-0.1, -0.05) is 29.8 Å². The van der Waals surface area contributed by atoms with E-state index in [-0.39, 0.29) is 6.03 Å². The number of nitrogens with one attached hydrogen (secondary N) is 1. The van der Waals surface area contributed by atoms with E-state index in [1.807, 2.05) is 18.2 Å². The summed E-state index contributed by atoms with van der Waals surface area (Å²) in [5.74, 6) is 0. The summed E-state index contributed by atoms with van der Waals surface area (Å²) < 4.78 is 0. The number of benzene rings is 1. The summed E-state index contributed by atoms with van der Waals surface area (Å²) in [5.41, 5.74) is 0.893. The largest absolute Gasteiger partial charge is 0.342 e. The Hall–Kier alpha value is -1.75. The molecule has 1 N–H and O–H groups in total. The molecule has 1 aromatic carbocycles. The number of piperazine rings is 1. The number of hydrogen-bond donors (Lipinski definition) is 1. The second kappa shape index (κ2) is 6.43. The fraction of sp³-hybridized carbons (Fsp3) is 0.385. The van der Waals surface area contributed by atoms with E-state index in [9.17, 15) is 9.59 Å². The van der Waals surface area contributed by atoms with Crippen LogP contribution in [0.1, 0.15) is 5.56 Å². The van der Waals surface area contributed by atoms with Gasteiger partial charge < -0.3 is 15.1 Å². The molecule has 0 aliphatic carbocycles. The van der Waals surface area contributed by atoms with Crippen molar-refractivity contribution in [3.05, 3.63) is 34.9 Å². The fourth-order valence-electron chi connectivity index (χ4n) is 1.95. The average molecular weight is 282 g/mol. The van der Waals surface area contributed by atoms with E-state index >= 15 is 0 Å². The van der Waals surface area contributed by atoms with Crippen molar-refractivity contribution in [1.29, 1.82) is 0 Å². The van der Waals surface area contributed by atoms with Crippen LogP contribution in [0.3, 0.4) is 0 Å². The van der Waals surface area contributed by atoms with Crippen LogP contribution in [0.25, 0.3) is 0 Å². The lowest BCUT2D eigenvalue weighted by atomic mass is 10.2. The van der Waals surface area contributed by atoms with Crippen LogP contribution in [0.2, 0.25) is 5.02 Å². The van der Waals surface area contributed by atoms with Crippen LogP contribution in [0.4, 0.5) is 4.79 Å². The zero-order chi connectivity index (χ0) is 13.7. The molecule has 1 heterocycles. The van der Waals surface area contributed by atoms with E-state index < -0.39 is 0 Å². The molecule has 0 atom stereocenters. The van der Waals surface area contributed by atoms with Crippen molar-refractivity contribution in [2.24, 2.45) is 0 Å². The zero-order valence-corrected chi connectivity index (χ0v) is 11.3. The lowest BCUT2D eigenvalue weighted by Gasteiger charge is -2.32. The predicted octanol–water partition coefficient (Wildman–Crippen LogP) is 1.32. The Morgan fingerprint density at radius 3 is 2.58 bits per heavy atom. The SMILES string of the molecule is O=CN1CCN(C(=O)NCc2ccccc2Cl)CC1. The minimum absolute atomic E-state index is 0.120. The van der Waals surface area contributed by atoms with Crippen LogP contribution < -0.4 is 5.32 Å². The number of nitrogens with zero attached hydrogens (tertiary/aromatic N) is 2. The molecule has 5 nitrogen and oxygen atoms in total. The molecular formula is C13H16ClN3O2. The molecule has 102 valence electrons. The van der Waals surface area contributed by atoms with Gasteiger partial charge in [-0.3, -0.25) is 4.79 Å². The molecule has 0 unspecified atom stereocenters. The quantitative estimate of drug-likeness (QED) is 0.850. The summed E-state index contributed by atoms with van der Waals surface area (Å²) in [7, 11) is 0. The van der Waals surface area contributed by atoms with Crippen molar-refractivity contribution in [2.45, 2.75) is 6.54 Å². The van der Waals surface area contributed by atoms with Crippen molar-refractivity contribution in [3.63, 3.8) is 0 Å². The lowest BCUT2D eigenvalue weighted by molar-refractivity contribution is -0.119. The summed E-state index contributed by atoms with van der Waals surface area (Å²) in [4.78, 5) is 25.9. The highest BCUT2D eigenvalue weighted by Gasteiger charge is 2.19. The Balaban J connectivity index is 1.82. The molecule has 6 heteroatoms. The monoisotopic (exact) mass is 281 g/mol. The molecule has 0 spiro atoms. The summed E-state index contributed by atoms with van der Waals surface area (Å²) in [6, 6.07) is 7.30. The van der Waals surface area contributed by atoms with Crippen molar-refractivity contribution in [1.82, 2.24) is 15.1 Å². The van der Waals surface area contributed by atoms with Gasteiger partial charge >= 0.3 is 6.03 Å². The Bertz CT molecular complexity index is 459. The number of amides is 3. The number of urea groups is 1. The smallest absolute Gasteiger partial charge is 0.317 e. The van der Waals surface area contributed by atoms with Gasteiger partial charge in [-0.05, 0) is 11.6 Å². The van der Waals surface area contributed by atoms with Gasteiger partial charge in [0.05, 0.1) is 0 Å². The molecule has 1 aliphatic rings. The molecule has 0 radical (unpaired) electrons. The van der Waals surface area contributed by atoms with Gasteiger partial charge in [0.2, 0.25) is 6.41 Å². The first-order valence-electron chi connectivity index (χ1n) is 6.16. The molecule has 1 fully saturated rings. The maximum absolute atomic E-state index is 11.9. The van der Waals surface area contributed by atoms with E-state index in [4.69, 9.17) is 11.6 Å². The number of carbonyl (C=O) groups is 2. The van der Waals surface area contributed by atoms with Crippen LogP contribution in [0, 0.1) is 0 Å². The fourth-order valence-corrected chi connectivity index (χ4v) is 2.16. The van der Waals surface area contributed by atoms with Gasteiger partial charge in [-0.25, -0.2) is 4.79 Å². The molecule has 19 heavy (non-hydrogen) atoms. The van der Waals surface area contributed by atoms with Gasteiger partial charge in [0.15, 0.2) is 0 Å². The summed E-state index contributed by atoms with van der Waals surface area (Å²) in [5, 5.41) is 3.48. The first-order chi connectivity index (χ1) is 9.20. The summed E-state index contributed by atoms with van der Waals surface area (Å²) in [6.07, 6.45) is 0.818. The first-order valence-corrected chi connectivity index (χ1v) is 6.54. The van der Waals surface area contributed by atoms with Gasteiger partial charge in [-0.2, -0.15) is 0 Å². The van der Waals surface area contributed by atoms with E-state index in [0.29, 0.717) is 37.7 Å². The van der Waals surface area contributed by atoms with Gasteiger partial charge in [0.25, 0.3) is 0 Å². The number of hydrogen-bond acceptors (Lipinski definition) is 2. The molecule has 3 amide bonds. The maximum atomic E-state index is 11.9. The third-order valence-corrected chi connectivity index (χ3v) is 3.51.